The summed E-state index contributed by atoms with van der Waals surface area (Å²) in [5, 5.41) is 10.3. The summed E-state index contributed by atoms with van der Waals surface area (Å²) in [6.07, 6.45) is 0.101. The molecule has 2 aromatic rings. The molecule has 3 N–H and O–H groups in total. The molecular weight excluding hydrogens is 305 g/mol. The number of rotatable bonds is 5. The summed E-state index contributed by atoms with van der Waals surface area (Å²) in [5.74, 6) is -0.166. The van der Waals surface area contributed by atoms with Gasteiger partial charge in [-0.3, -0.25) is 4.90 Å². The topological polar surface area (TPSA) is 52.7 Å². The van der Waals surface area contributed by atoms with Gasteiger partial charge in [-0.2, -0.15) is 0 Å². The van der Waals surface area contributed by atoms with Crippen LogP contribution in [0.3, 0.4) is 0 Å². The first-order valence-electron chi connectivity index (χ1n) is 8.39. The zero-order valence-corrected chi connectivity index (χ0v) is 13.7. The van der Waals surface area contributed by atoms with E-state index in [2.05, 4.69) is 9.80 Å². The molecule has 1 atom stereocenters. The van der Waals surface area contributed by atoms with E-state index in [-0.39, 0.29) is 5.82 Å². The molecule has 0 radical (unpaired) electrons. The van der Waals surface area contributed by atoms with E-state index in [1.54, 1.807) is 6.07 Å². The van der Waals surface area contributed by atoms with E-state index in [4.69, 9.17) is 5.73 Å². The molecule has 1 saturated heterocycles. The lowest BCUT2D eigenvalue weighted by Crippen LogP contribution is -2.47. The molecular formula is C19H24FN3O. The Morgan fingerprint density at radius 1 is 1.00 bits per heavy atom. The summed E-state index contributed by atoms with van der Waals surface area (Å²) >= 11 is 0. The standard InChI is InChI=1S/C19H24FN3O/c20-16-6-2-4-8-18(16)23-13-11-22(12-14-23)10-9-19(24)15-5-1-3-7-17(15)21/h1-8,19,24H,9-14,21H2. The molecule has 1 heterocycles. The fourth-order valence-corrected chi connectivity index (χ4v) is 3.20. The molecule has 1 fully saturated rings. The number of nitrogens with zero attached hydrogens (tertiary/aromatic N) is 2. The van der Waals surface area contributed by atoms with Crippen LogP contribution in [0.5, 0.6) is 0 Å². The molecule has 0 amide bonds. The van der Waals surface area contributed by atoms with E-state index < -0.39 is 6.10 Å². The fraction of sp³-hybridized carbons (Fsp3) is 0.368. The molecule has 24 heavy (non-hydrogen) atoms. The van der Waals surface area contributed by atoms with Crippen LogP contribution >= 0.6 is 0 Å². The SMILES string of the molecule is Nc1ccccc1C(O)CCN1CCN(c2ccccc2F)CC1. The molecule has 0 saturated carbocycles. The number of benzene rings is 2. The maximum absolute atomic E-state index is 13.9. The molecule has 3 rings (SSSR count). The van der Waals surface area contributed by atoms with Crippen LogP contribution in [0.25, 0.3) is 0 Å². The molecule has 2 aromatic carbocycles. The summed E-state index contributed by atoms with van der Waals surface area (Å²) in [4.78, 5) is 4.39. The van der Waals surface area contributed by atoms with E-state index in [9.17, 15) is 9.50 Å². The third-order valence-corrected chi connectivity index (χ3v) is 4.64. The van der Waals surface area contributed by atoms with E-state index in [0.29, 0.717) is 17.8 Å². The molecule has 0 bridgehead atoms. The van der Waals surface area contributed by atoms with E-state index in [0.717, 1.165) is 38.3 Å². The third-order valence-electron chi connectivity index (χ3n) is 4.64. The van der Waals surface area contributed by atoms with E-state index >= 15 is 0 Å². The third kappa shape index (κ3) is 3.86. The number of nitrogen functional groups attached to an aromatic ring is 1. The van der Waals surface area contributed by atoms with Gasteiger partial charge >= 0.3 is 0 Å². The zero-order valence-electron chi connectivity index (χ0n) is 13.7. The van der Waals surface area contributed by atoms with Crippen LogP contribution in [0.4, 0.5) is 15.8 Å². The minimum absolute atomic E-state index is 0.166. The van der Waals surface area contributed by atoms with Crippen LogP contribution < -0.4 is 10.6 Å². The van der Waals surface area contributed by atoms with Crippen molar-refractivity contribution in [1.82, 2.24) is 4.90 Å². The molecule has 1 aliphatic heterocycles. The van der Waals surface area contributed by atoms with Crippen molar-refractivity contribution in [3.63, 3.8) is 0 Å². The Hall–Kier alpha value is -2.11. The Morgan fingerprint density at radius 3 is 2.38 bits per heavy atom. The van der Waals surface area contributed by atoms with Crippen LogP contribution in [0.2, 0.25) is 0 Å². The molecule has 0 spiro atoms. The molecule has 5 heteroatoms. The Kier molecular flexibility index (Phi) is 5.33. The zero-order chi connectivity index (χ0) is 16.9. The van der Waals surface area contributed by atoms with Crippen molar-refractivity contribution in [2.24, 2.45) is 0 Å². The lowest BCUT2D eigenvalue weighted by Gasteiger charge is -2.36. The number of anilines is 2. The summed E-state index contributed by atoms with van der Waals surface area (Å²) in [6.45, 7) is 4.13. The summed E-state index contributed by atoms with van der Waals surface area (Å²) in [7, 11) is 0. The van der Waals surface area contributed by atoms with Crippen molar-refractivity contribution in [1.29, 1.82) is 0 Å². The van der Waals surface area contributed by atoms with Gasteiger partial charge in [0.25, 0.3) is 0 Å². The van der Waals surface area contributed by atoms with Gasteiger partial charge in [-0.05, 0) is 24.6 Å². The average molecular weight is 329 g/mol. The average Bonchev–Trinajstić information content (AvgIpc) is 2.61. The molecule has 1 unspecified atom stereocenters. The highest BCUT2D eigenvalue weighted by Gasteiger charge is 2.20. The molecule has 128 valence electrons. The number of hydrogen-bond donors (Lipinski definition) is 2. The number of nitrogens with two attached hydrogens (primary N) is 1. The van der Waals surface area contributed by atoms with Gasteiger partial charge in [-0.15, -0.1) is 0 Å². The van der Waals surface area contributed by atoms with Crippen molar-refractivity contribution in [3.8, 4) is 0 Å². The van der Waals surface area contributed by atoms with Gasteiger partial charge in [-0.1, -0.05) is 30.3 Å². The first kappa shape index (κ1) is 16.7. The largest absolute Gasteiger partial charge is 0.398 e. The fourth-order valence-electron chi connectivity index (χ4n) is 3.20. The second-order valence-corrected chi connectivity index (χ2v) is 6.21. The Balaban J connectivity index is 1.49. The molecule has 4 nitrogen and oxygen atoms in total. The van der Waals surface area contributed by atoms with Gasteiger partial charge < -0.3 is 15.7 Å². The normalized spacial score (nSPS) is 17.0. The van der Waals surface area contributed by atoms with E-state index in [1.165, 1.54) is 6.07 Å². The Morgan fingerprint density at radius 2 is 1.67 bits per heavy atom. The number of aliphatic hydroxyl groups excluding tert-OH is 1. The highest BCUT2D eigenvalue weighted by atomic mass is 19.1. The van der Waals surface area contributed by atoms with Crippen molar-refractivity contribution in [3.05, 3.63) is 59.9 Å². The first-order chi connectivity index (χ1) is 11.6. The maximum atomic E-state index is 13.9. The molecule has 0 aromatic heterocycles. The summed E-state index contributed by atoms with van der Waals surface area (Å²) < 4.78 is 13.9. The van der Waals surface area contributed by atoms with Gasteiger partial charge in [0, 0.05) is 44.0 Å². The van der Waals surface area contributed by atoms with Crippen molar-refractivity contribution in [2.75, 3.05) is 43.4 Å². The van der Waals surface area contributed by atoms with Gasteiger partial charge in [0.15, 0.2) is 0 Å². The first-order valence-corrected chi connectivity index (χ1v) is 8.39. The Labute approximate surface area is 142 Å². The van der Waals surface area contributed by atoms with Crippen LogP contribution in [0, 0.1) is 5.82 Å². The monoisotopic (exact) mass is 329 g/mol. The van der Waals surface area contributed by atoms with Crippen molar-refractivity contribution in [2.45, 2.75) is 12.5 Å². The number of hydrogen-bond acceptors (Lipinski definition) is 4. The maximum Gasteiger partial charge on any atom is 0.146 e. The molecule has 0 aliphatic carbocycles. The smallest absolute Gasteiger partial charge is 0.146 e. The lowest BCUT2D eigenvalue weighted by atomic mass is 10.0. The quantitative estimate of drug-likeness (QED) is 0.828. The minimum atomic E-state index is -0.546. The van der Waals surface area contributed by atoms with Crippen LogP contribution in [-0.2, 0) is 0 Å². The van der Waals surface area contributed by atoms with Crippen molar-refractivity contribution >= 4 is 11.4 Å². The number of para-hydroxylation sites is 2. The number of piperazine rings is 1. The summed E-state index contributed by atoms with van der Waals surface area (Å²) in [6, 6.07) is 14.4. The van der Waals surface area contributed by atoms with Crippen LogP contribution in [0.1, 0.15) is 18.1 Å². The minimum Gasteiger partial charge on any atom is -0.398 e. The lowest BCUT2D eigenvalue weighted by molar-refractivity contribution is 0.140. The van der Waals surface area contributed by atoms with Crippen LogP contribution in [0.15, 0.2) is 48.5 Å². The van der Waals surface area contributed by atoms with Crippen molar-refractivity contribution < 1.29 is 9.50 Å². The van der Waals surface area contributed by atoms with Gasteiger partial charge in [0.05, 0.1) is 11.8 Å². The molecule has 1 aliphatic rings. The van der Waals surface area contributed by atoms with Gasteiger partial charge in [0.1, 0.15) is 5.82 Å². The summed E-state index contributed by atoms with van der Waals surface area (Å²) in [5.41, 5.74) is 8.01. The predicted molar refractivity (Wildman–Crippen MR) is 95.5 cm³/mol. The number of aliphatic hydroxyl groups is 1. The van der Waals surface area contributed by atoms with Gasteiger partial charge in [0.2, 0.25) is 0 Å². The Bertz CT molecular complexity index is 671. The van der Waals surface area contributed by atoms with Gasteiger partial charge in [-0.25, -0.2) is 4.39 Å². The second-order valence-electron chi connectivity index (χ2n) is 6.21. The highest BCUT2D eigenvalue weighted by Crippen LogP contribution is 2.24. The number of halogens is 1. The highest BCUT2D eigenvalue weighted by molar-refractivity contribution is 5.48. The predicted octanol–water partition coefficient (Wildman–Crippen LogP) is 2.65. The second kappa shape index (κ2) is 7.64. The van der Waals surface area contributed by atoms with Crippen LogP contribution in [-0.4, -0.2) is 42.7 Å². The van der Waals surface area contributed by atoms with E-state index in [1.807, 2.05) is 36.4 Å².